The molecule has 0 radical (unpaired) electrons. The van der Waals surface area contributed by atoms with Crippen molar-refractivity contribution in [2.45, 2.75) is 20.0 Å². The number of Topliss-reactive ketones (excluding diaryl/α,β-unsaturated/α-hetero) is 1. The van der Waals surface area contributed by atoms with Crippen LogP contribution in [-0.4, -0.2) is 11.8 Å². The van der Waals surface area contributed by atoms with Crippen LogP contribution in [0.4, 0.5) is 0 Å². The standard InChI is InChI=1S/C23H19IO3/c1-15-3-7-17(8-4-15)21(25)22(18-9-5-16(2)6-10-18)27-23(26)19-11-13-20(24)14-12-19/h3-14,22H,1-2H3. The topological polar surface area (TPSA) is 43.4 Å². The molecule has 0 aromatic heterocycles. The van der Waals surface area contributed by atoms with Crippen LogP contribution in [0.1, 0.15) is 43.5 Å². The van der Waals surface area contributed by atoms with Gasteiger partial charge in [-0.25, -0.2) is 4.79 Å². The van der Waals surface area contributed by atoms with Crippen molar-refractivity contribution < 1.29 is 14.3 Å². The Labute approximate surface area is 172 Å². The summed E-state index contributed by atoms with van der Waals surface area (Å²) in [6, 6.07) is 21.8. The largest absolute Gasteiger partial charge is 0.445 e. The van der Waals surface area contributed by atoms with Gasteiger partial charge in [-0.2, -0.15) is 0 Å². The monoisotopic (exact) mass is 470 g/mol. The van der Waals surface area contributed by atoms with Crippen LogP contribution >= 0.6 is 22.6 Å². The summed E-state index contributed by atoms with van der Waals surface area (Å²) >= 11 is 2.17. The first kappa shape index (κ1) is 19.3. The first-order valence-electron chi connectivity index (χ1n) is 8.58. The molecule has 0 N–H and O–H groups in total. The summed E-state index contributed by atoms with van der Waals surface area (Å²) < 4.78 is 6.68. The van der Waals surface area contributed by atoms with Gasteiger partial charge in [-0.15, -0.1) is 0 Å². The molecule has 3 aromatic rings. The smallest absolute Gasteiger partial charge is 0.339 e. The number of carbonyl (C=O) groups is 2. The molecule has 0 heterocycles. The van der Waals surface area contributed by atoms with Crippen molar-refractivity contribution in [3.05, 3.63) is 104 Å². The molecule has 27 heavy (non-hydrogen) atoms. The van der Waals surface area contributed by atoms with Gasteiger partial charge in [0.2, 0.25) is 5.78 Å². The third kappa shape index (κ3) is 4.83. The Kier molecular flexibility index (Phi) is 6.06. The fraction of sp³-hybridized carbons (Fsp3) is 0.130. The molecule has 0 amide bonds. The second kappa shape index (κ2) is 8.48. The Hall–Kier alpha value is -2.47. The van der Waals surface area contributed by atoms with Gasteiger partial charge in [-0.05, 0) is 60.7 Å². The number of rotatable bonds is 5. The molecule has 0 aliphatic heterocycles. The van der Waals surface area contributed by atoms with Crippen LogP contribution in [0.3, 0.4) is 0 Å². The van der Waals surface area contributed by atoms with Gasteiger partial charge in [-0.1, -0.05) is 59.7 Å². The summed E-state index contributed by atoms with van der Waals surface area (Å²) in [5.41, 5.74) is 3.73. The normalized spacial score (nSPS) is 11.7. The molecule has 0 saturated heterocycles. The van der Waals surface area contributed by atoms with Gasteiger partial charge in [0, 0.05) is 14.7 Å². The van der Waals surface area contributed by atoms with E-state index in [1.54, 1.807) is 24.3 Å². The quantitative estimate of drug-likeness (QED) is 0.274. The summed E-state index contributed by atoms with van der Waals surface area (Å²) in [5, 5.41) is 0. The van der Waals surface area contributed by atoms with Crippen molar-refractivity contribution in [2.75, 3.05) is 0 Å². The predicted octanol–water partition coefficient (Wildman–Crippen LogP) is 5.69. The molecule has 4 heteroatoms. The summed E-state index contributed by atoms with van der Waals surface area (Å²) in [6.45, 7) is 3.93. The predicted molar refractivity (Wildman–Crippen MR) is 114 cm³/mol. The van der Waals surface area contributed by atoms with Crippen LogP contribution in [0, 0.1) is 17.4 Å². The summed E-state index contributed by atoms with van der Waals surface area (Å²) in [6.07, 6.45) is -0.986. The zero-order valence-corrected chi connectivity index (χ0v) is 17.3. The van der Waals surface area contributed by atoms with Crippen molar-refractivity contribution in [3.8, 4) is 0 Å². The van der Waals surface area contributed by atoms with E-state index in [2.05, 4.69) is 22.6 Å². The van der Waals surface area contributed by atoms with E-state index >= 15 is 0 Å². The number of aryl methyl sites for hydroxylation is 2. The molecule has 0 fully saturated rings. The van der Waals surface area contributed by atoms with Gasteiger partial charge in [0.1, 0.15) is 0 Å². The lowest BCUT2D eigenvalue weighted by Crippen LogP contribution is -2.20. The molecule has 0 aliphatic carbocycles. The number of benzene rings is 3. The molecule has 136 valence electrons. The van der Waals surface area contributed by atoms with Crippen LogP contribution in [0.5, 0.6) is 0 Å². The molecule has 3 aromatic carbocycles. The molecule has 3 nitrogen and oxygen atoms in total. The number of halogens is 1. The lowest BCUT2D eigenvalue weighted by Gasteiger charge is -2.18. The van der Waals surface area contributed by atoms with Crippen LogP contribution in [0.2, 0.25) is 0 Å². The molecule has 3 rings (SSSR count). The maximum atomic E-state index is 13.1. The Morgan fingerprint density at radius 1 is 0.741 bits per heavy atom. The zero-order chi connectivity index (χ0) is 19.4. The lowest BCUT2D eigenvalue weighted by atomic mass is 9.98. The van der Waals surface area contributed by atoms with E-state index in [1.165, 1.54) is 0 Å². The van der Waals surface area contributed by atoms with Gasteiger partial charge in [0.05, 0.1) is 5.56 Å². The van der Waals surface area contributed by atoms with E-state index in [9.17, 15) is 9.59 Å². The van der Waals surface area contributed by atoms with E-state index < -0.39 is 12.1 Å². The summed E-state index contributed by atoms with van der Waals surface area (Å²) in [5.74, 6) is -0.754. The van der Waals surface area contributed by atoms with Crippen molar-refractivity contribution in [1.82, 2.24) is 0 Å². The van der Waals surface area contributed by atoms with Crippen molar-refractivity contribution in [2.24, 2.45) is 0 Å². The highest BCUT2D eigenvalue weighted by Crippen LogP contribution is 2.25. The minimum absolute atomic E-state index is 0.238. The molecule has 0 spiro atoms. The van der Waals surface area contributed by atoms with Crippen molar-refractivity contribution in [1.29, 1.82) is 0 Å². The number of ketones is 1. The summed E-state index contributed by atoms with van der Waals surface area (Å²) in [7, 11) is 0. The number of hydrogen-bond donors (Lipinski definition) is 0. The van der Waals surface area contributed by atoms with Gasteiger partial charge in [-0.3, -0.25) is 4.79 Å². The maximum absolute atomic E-state index is 13.1. The Morgan fingerprint density at radius 3 is 1.78 bits per heavy atom. The molecular formula is C23H19IO3. The van der Waals surface area contributed by atoms with Crippen LogP contribution < -0.4 is 0 Å². The first-order chi connectivity index (χ1) is 12.9. The van der Waals surface area contributed by atoms with E-state index in [0.717, 1.165) is 14.7 Å². The second-order valence-corrected chi connectivity index (χ2v) is 7.68. The fourth-order valence-corrected chi connectivity index (χ4v) is 3.00. The highest BCUT2D eigenvalue weighted by Gasteiger charge is 2.26. The van der Waals surface area contributed by atoms with E-state index in [0.29, 0.717) is 16.7 Å². The zero-order valence-electron chi connectivity index (χ0n) is 15.1. The number of esters is 1. The van der Waals surface area contributed by atoms with Crippen molar-refractivity contribution >= 4 is 34.3 Å². The SMILES string of the molecule is Cc1ccc(C(=O)C(OC(=O)c2ccc(I)cc2)c2ccc(C)cc2)cc1. The van der Waals surface area contributed by atoms with Crippen molar-refractivity contribution in [3.63, 3.8) is 0 Å². The van der Waals surface area contributed by atoms with Crippen LogP contribution in [-0.2, 0) is 4.74 Å². The highest BCUT2D eigenvalue weighted by atomic mass is 127. The average molecular weight is 470 g/mol. The Balaban J connectivity index is 1.93. The second-order valence-electron chi connectivity index (χ2n) is 6.43. The Morgan fingerprint density at radius 2 is 1.22 bits per heavy atom. The number of hydrogen-bond acceptors (Lipinski definition) is 3. The Bertz CT molecular complexity index is 942. The molecule has 0 bridgehead atoms. The molecule has 0 saturated carbocycles. The van der Waals surface area contributed by atoms with Crippen LogP contribution in [0.15, 0.2) is 72.8 Å². The van der Waals surface area contributed by atoms with E-state index in [-0.39, 0.29) is 5.78 Å². The average Bonchev–Trinajstić information content (AvgIpc) is 2.67. The maximum Gasteiger partial charge on any atom is 0.339 e. The third-order valence-electron chi connectivity index (χ3n) is 4.26. The van der Waals surface area contributed by atoms with Gasteiger partial charge >= 0.3 is 5.97 Å². The van der Waals surface area contributed by atoms with Gasteiger partial charge < -0.3 is 4.74 Å². The summed E-state index contributed by atoms with van der Waals surface area (Å²) in [4.78, 5) is 25.7. The van der Waals surface area contributed by atoms with Gasteiger partial charge in [0.15, 0.2) is 6.10 Å². The third-order valence-corrected chi connectivity index (χ3v) is 4.98. The molecule has 0 aliphatic rings. The van der Waals surface area contributed by atoms with E-state index in [4.69, 9.17) is 4.74 Å². The minimum Gasteiger partial charge on any atom is -0.445 e. The fourth-order valence-electron chi connectivity index (χ4n) is 2.64. The van der Waals surface area contributed by atoms with Crippen LogP contribution in [0.25, 0.3) is 0 Å². The van der Waals surface area contributed by atoms with E-state index in [1.807, 2.05) is 62.4 Å². The number of carbonyl (C=O) groups excluding carboxylic acids is 2. The first-order valence-corrected chi connectivity index (χ1v) is 9.66. The number of ether oxygens (including phenoxy) is 1. The molecule has 1 atom stereocenters. The van der Waals surface area contributed by atoms with Gasteiger partial charge in [0.25, 0.3) is 0 Å². The molecule has 1 unspecified atom stereocenters. The highest BCUT2D eigenvalue weighted by molar-refractivity contribution is 14.1. The minimum atomic E-state index is -0.986. The molecular weight excluding hydrogens is 451 g/mol. The lowest BCUT2D eigenvalue weighted by molar-refractivity contribution is 0.0280.